The van der Waals surface area contributed by atoms with Crippen molar-refractivity contribution < 1.29 is 4.92 Å². The lowest BCUT2D eigenvalue weighted by molar-refractivity contribution is -0.385. The van der Waals surface area contributed by atoms with Gasteiger partial charge in [0, 0.05) is 28.3 Å². The molecule has 104 valence electrons. The first-order valence-corrected chi connectivity index (χ1v) is 7.14. The Balaban J connectivity index is 2.20. The Morgan fingerprint density at radius 2 is 1.90 bits per heavy atom. The highest BCUT2D eigenvalue weighted by Gasteiger charge is 2.13. The maximum atomic E-state index is 11.0. The Labute approximate surface area is 134 Å². The van der Waals surface area contributed by atoms with Gasteiger partial charge in [-0.15, -0.1) is 0 Å². The van der Waals surface area contributed by atoms with Gasteiger partial charge in [-0.3, -0.25) is 10.1 Å². The van der Waals surface area contributed by atoms with Crippen LogP contribution in [0.1, 0.15) is 5.56 Å². The third-order valence-electron chi connectivity index (χ3n) is 2.64. The number of nitro benzene ring substituents is 1. The summed E-state index contributed by atoms with van der Waals surface area (Å²) in [6.07, 6.45) is 0. The van der Waals surface area contributed by atoms with E-state index in [1.807, 2.05) is 0 Å². The molecule has 0 radical (unpaired) electrons. The van der Waals surface area contributed by atoms with Crippen LogP contribution in [-0.4, -0.2) is 4.92 Å². The molecule has 0 saturated carbocycles. The zero-order valence-corrected chi connectivity index (χ0v) is 13.2. The summed E-state index contributed by atoms with van der Waals surface area (Å²) in [7, 11) is 0. The van der Waals surface area contributed by atoms with Gasteiger partial charge in [0.2, 0.25) is 0 Å². The third kappa shape index (κ3) is 3.62. The Morgan fingerprint density at radius 1 is 1.15 bits per heavy atom. The van der Waals surface area contributed by atoms with Gasteiger partial charge in [0.1, 0.15) is 0 Å². The summed E-state index contributed by atoms with van der Waals surface area (Å²) in [6, 6.07) is 9.92. The minimum absolute atomic E-state index is 0.0701. The summed E-state index contributed by atoms with van der Waals surface area (Å²) in [5.41, 5.74) is 1.39. The quantitative estimate of drug-likeness (QED) is 0.584. The van der Waals surface area contributed by atoms with E-state index in [2.05, 4.69) is 21.2 Å². The van der Waals surface area contributed by atoms with Crippen molar-refractivity contribution in [2.24, 2.45) is 0 Å². The predicted molar refractivity (Wildman–Crippen MR) is 84.6 cm³/mol. The number of anilines is 1. The van der Waals surface area contributed by atoms with E-state index in [-0.39, 0.29) is 5.69 Å². The van der Waals surface area contributed by atoms with Crippen molar-refractivity contribution in [3.8, 4) is 0 Å². The number of nitrogens with one attached hydrogen (secondary N) is 1. The van der Waals surface area contributed by atoms with Crippen LogP contribution in [0.2, 0.25) is 10.0 Å². The van der Waals surface area contributed by atoms with Gasteiger partial charge in [0.15, 0.2) is 0 Å². The van der Waals surface area contributed by atoms with Gasteiger partial charge in [-0.25, -0.2) is 0 Å². The number of hydrogen-bond donors (Lipinski definition) is 1. The van der Waals surface area contributed by atoms with E-state index < -0.39 is 4.92 Å². The first-order chi connectivity index (χ1) is 9.47. The zero-order chi connectivity index (χ0) is 14.7. The highest BCUT2D eigenvalue weighted by molar-refractivity contribution is 9.10. The molecule has 0 unspecified atom stereocenters. The maximum absolute atomic E-state index is 11.0. The van der Waals surface area contributed by atoms with E-state index in [1.165, 1.54) is 6.07 Å². The highest BCUT2D eigenvalue weighted by atomic mass is 79.9. The molecular weight excluding hydrogens is 367 g/mol. The molecular formula is C13H9BrCl2N2O2. The van der Waals surface area contributed by atoms with Crippen molar-refractivity contribution in [1.29, 1.82) is 0 Å². The van der Waals surface area contributed by atoms with Gasteiger partial charge in [0.05, 0.1) is 15.0 Å². The van der Waals surface area contributed by atoms with Crippen LogP contribution in [0.25, 0.3) is 0 Å². The Hall–Kier alpha value is -1.30. The van der Waals surface area contributed by atoms with Crippen LogP contribution in [0, 0.1) is 10.1 Å². The molecule has 0 bridgehead atoms. The molecule has 4 nitrogen and oxygen atoms in total. The lowest BCUT2D eigenvalue weighted by atomic mass is 10.2. The second kappa shape index (κ2) is 6.43. The van der Waals surface area contributed by atoms with Gasteiger partial charge in [-0.1, -0.05) is 39.1 Å². The Kier molecular flexibility index (Phi) is 4.86. The summed E-state index contributed by atoms with van der Waals surface area (Å²) < 4.78 is 0.786. The fourth-order valence-electron chi connectivity index (χ4n) is 1.68. The number of benzene rings is 2. The molecule has 0 aromatic heterocycles. The van der Waals surface area contributed by atoms with E-state index in [1.54, 1.807) is 30.3 Å². The molecule has 0 atom stereocenters. The normalized spacial score (nSPS) is 10.3. The largest absolute Gasteiger partial charge is 0.381 e. The lowest BCUT2D eigenvalue weighted by Crippen LogP contribution is -2.03. The maximum Gasteiger partial charge on any atom is 0.274 e. The minimum atomic E-state index is -0.404. The first-order valence-electron chi connectivity index (χ1n) is 5.59. The van der Waals surface area contributed by atoms with Gasteiger partial charge in [-0.05, 0) is 30.3 Å². The summed E-state index contributed by atoms with van der Waals surface area (Å²) in [6.45, 7) is 0.313. The summed E-state index contributed by atoms with van der Waals surface area (Å²) in [5.74, 6) is 0. The summed E-state index contributed by atoms with van der Waals surface area (Å²) >= 11 is 15.0. The molecule has 0 amide bonds. The van der Waals surface area contributed by atoms with Crippen LogP contribution in [0.5, 0.6) is 0 Å². The van der Waals surface area contributed by atoms with Crippen LogP contribution in [0.3, 0.4) is 0 Å². The highest BCUT2D eigenvalue weighted by Crippen LogP contribution is 2.27. The van der Waals surface area contributed by atoms with E-state index in [0.717, 1.165) is 10.2 Å². The van der Waals surface area contributed by atoms with Gasteiger partial charge in [0.25, 0.3) is 5.69 Å². The van der Waals surface area contributed by atoms with E-state index in [4.69, 9.17) is 23.2 Å². The van der Waals surface area contributed by atoms with Gasteiger partial charge >= 0.3 is 0 Å². The molecule has 7 heteroatoms. The lowest BCUT2D eigenvalue weighted by Gasteiger charge is -2.08. The number of halogens is 3. The Morgan fingerprint density at radius 3 is 2.55 bits per heavy atom. The van der Waals surface area contributed by atoms with Crippen LogP contribution < -0.4 is 5.32 Å². The van der Waals surface area contributed by atoms with Crippen LogP contribution >= 0.6 is 39.1 Å². The molecule has 2 rings (SSSR count). The first kappa shape index (κ1) is 15.1. The topological polar surface area (TPSA) is 55.2 Å². The summed E-state index contributed by atoms with van der Waals surface area (Å²) in [5, 5.41) is 14.9. The molecule has 0 heterocycles. The fourth-order valence-corrected chi connectivity index (χ4v) is 2.38. The molecule has 0 aliphatic heterocycles. The number of rotatable bonds is 4. The fraction of sp³-hybridized carbons (Fsp3) is 0.0769. The SMILES string of the molecule is O=[N+]([O-])c1ccc(Br)cc1CNc1ccc(Cl)c(Cl)c1. The number of hydrogen-bond acceptors (Lipinski definition) is 3. The Bertz CT molecular complexity index is 665. The molecule has 20 heavy (non-hydrogen) atoms. The van der Waals surface area contributed by atoms with Crippen LogP contribution in [0.4, 0.5) is 11.4 Å². The van der Waals surface area contributed by atoms with E-state index >= 15 is 0 Å². The van der Waals surface area contributed by atoms with Crippen LogP contribution in [0.15, 0.2) is 40.9 Å². The molecule has 2 aromatic rings. The molecule has 0 spiro atoms. The smallest absolute Gasteiger partial charge is 0.274 e. The standard InChI is InChI=1S/C13H9BrCl2N2O2/c14-9-1-4-13(18(19)20)8(5-9)7-17-10-2-3-11(15)12(16)6-10/h1-6,17H,7H2. The van der Waals surface area contributed by atoms with Crippen molar-refractivity contribution in [3.63, 3.8) is 0 Å². The number of nitrogens with zero attached hydrogens (tertiary/aromatic N) is 1. The summed E-state index contributed by atoms with van der Waals surface area (Å²) in [4.78, 5) is 10.6. The van der Waals surface area contributed by atoms with Crippen molar-refractivity contribution in [2.45, 2.75) is 6.54 Å². The second-order valence-corrected chi connectivity index (χ2v) is 5.74. The number of nitro groups is 1. The molecule has 0 aliphatic rings. The average molecular weight is 376 g/mol. The zero-order valence-electron chi connectivity index (χ0n) is 10.1. The minimum Gasteiger partial charge on any atom is -0.381 e. The van der Waals surface area contributed by atoms with E-state index in [0.29, 0.717) is 22.2 Å². The van der Waals surface area contributed by atoms with Crippen molar-refractivity contribution >= 4 is 50.5 Å². The van der Waals surface area contributed by atoms with Crippen molar-refractivity contribution in [1.82, 2.24) is 0 Å². The molecule has 0 aliphatic carbocycles. The molecule has 2 aromatic carbocycles. The average Bonchev–Trinajstić information content (AvgIpc) is 2.40. The second-order valence-electron chi connectivity index (χ2n) is 4.01. The van der Waals surface area contributed by atoms with Gasteiger partial charge < -0.3 is 5.32 Å². The van der Waals surface area contributed by atoms with Crippen molar-refractivity contribution in [3.05, 3.63) is 66.6 Å². The predicted octanol–water partition coefficient (Wildman–Crippen LogP) is 5.28. The van der Waals surface area contributed by atoms with Crippen LogP contribution in [-0.2, 0) is 6.54 Å². The molecule has 0 fully saturated rings. The van der Waals surface area contributed by atoms with Gasteiger partial charge in [-0.2, -0.15) is 0 Å². The molecule has 1 N–H and O–H groups in total. The monoisotopic (exact) mass is 374 g/mol. The molecule has 0 saturated heterocycles. The third-order valence-corrected chi connectivity index (χ3v) is 3.87. The van der Waals surface area contributed by atoms with Crippen molar-refractivity contribution in [2.75, 3.05) is 5.32 Å². The van der Waals surface area contributed by atoms with E-state index in [9.17, 15) is 10.1 Å².